The Labute approximate surface area is 122 Å². The van der Waals surface area contributed by atoms with Gasteiger partial charge in [-0.05, 0) is 43.4 Å². The van der Waals surface area contributed by atoms with Gasteiger partial charge in [-0.3, -0.25) is 9.78 Å². The number of ether oxygens (including phenoxy) is 1. The minimum Gasteiger partial charge on any atom is -0.469 e. The minimum absolute atomic E-state index is 0.174. The quantitative estimate of drug-likeness (QED) is 0.796. The summed E-state index contributed by atoms with van der Waals surface area (Å²) in [6, 6.07) is 4.17. The van der Waals surface area contributed by atoms with E-state index in [-0.39, 0.29) is 12.4 Å². The number of aryl methyl sites for hydroxylation is 3. The predicted molar refractivity (Wildman–Crippen MR) is 79.2 cm³/mol. The molecular weight excluding hydrogens is 274 g/mol. The van der Waals surface area contributed by atoms with Gasteiger partial charge in [0.1, 0.15) is 0 Å². The summed E-state index contributed by atoms with van der Waals surface area (Å²) in [5, 5.41) is 1.68. The minimum atomic E-state index is -0.288. The molecule has 0 fully saturated rings. The van der Waals surface area contributed by atoms with E-state index in [1.807, 2.05) is 13.0 Å². The summed E-state index contributed by atoms with van der Waals surface area (Å²) in [6.07, 6.45) is 3.47. The van der Waals surface area contributed by atoms with Crippen LogP contribution in [-0.4, -0.2) is 18.1 Å². The zero-order chi connectivity index (χ0) is 14.3. The van der Waals surface area contributed by atoms with Gasteiger partial charge in [-0.15, -0.1) is 0 Å². The summed E-state index contributed by atoms with van der Waals surface area (Å²) in [4.78, 5) is 16.2. The molecule has 1 heterocycles. The molecule has 1 aliphatic rings. The SMILES string of the molecule is COC(=O)Cc1c(C)nc2ccc3c(c2c1Cl)CCC3. The van der Waals surface area contributed by atoms with E-state index in [2.05, 4.69) is 11.1 Å². The fraction of sp³-hybridized carbons (Fsp3) is 0.375. The standard InChI is InChI=1S/C16H16ClNO2/c1-9-12(8-14(19)20-2)16(17)15-11-5-3-4-10(11)6-7-13(15)18-9/h6-7H,3-5,8H2,1-2H3. The van der Waals surface area contributed by atoms with Crippen LogP contribution in [0.15, 0.2) is 12.1 Å². The summed E-state index contributed by atoms with van der Waals surface area (Å²) in [6.45, 7) is 1.89. The maximum absolute atomic E-state index is 11.5. The highest BCUT2D eigenvalue weighted by atomic mass is 35.5. The lowest BCUT2D eigenvalue weighted by Gasteiger charge is -2.13. The van der Waals surface area contributed by atoms with E-state index in [9.17, 15) is 4.79 Å². The molecule has 0 unspecified atom stereocenters. The van der Waals surface area contributed by atoms with Crippen molar-refractivity contribution in [2.45, 2.75) is 32.6 Å². The molecule has 0 amide bonds. The van der Waals surface area contributed by atoms with Crippen molar-refractivity contribution in [3.8, 4) is 0 Å². The van der Waals surface area contributed by atoms with Crippen molar-refractivity contribution in [2.24, 2.45) is 0 Å². The summed E-state index contributed by atoms with van der Waals surface area (Å²) in [7, 11) is 1.39. The van der Waals surface area contributed by atoms with E-state index >= 15 is 0 Å². The van der Waals surface area contributed by atoms with Gasteiger partial charge in [0.15, 0.2) is 0 Å². The third kappa shape index (κ3) is 2.06. The average molecular weight is 290 g/mol. The van der Waals surface area contributed by atoms with Gasteiger partial charge in [0.05, 0.1) is 24.1 Å². The molecule has 0 saturated carbocycles. The largest absolute Gasteiger partial charge is 0.469 e. The number of halogens is 1. The fourth-order valence-electron chi connectivity index (χ4n) is 2.97. The molecule has 0 aliphatic heterocycles. The Balaban J connectivity index is 2.24. The maximum Gasteiger partial charge on any atom is 0.310 e. The zero-order valence-electron chi connectivity index (χ0n) is 11.6. The first kappa shape index (κ1) is 13.4. The molecule has 3 rings (SSSR count). The van der Waals surface area contributed by atoms with Gasteiger partial charge in [-0.25, -0.2) is 0 Å². The second kappa shape index (κ2) is 5.06. The first-order valence-electron chi connectivity index (χ1n) is 6.78. The van der Waals surface area contributed by atoms with E-state index in [0.29, 0.717) is 5.02 Å². The molecule has 2 aromatic rings. The van der Waals surface area contributed by atoms with E-state index < -0.39 is 0 Å². The number of carbonyl (C=O) groups is 1. The van der Waals surface area contributed by atoms with Crippen molar-refractivity contribution < 1.29 is 9.53 Å². The summed E-state index contributed by atoms with van der Waals surface area (Å²) >= 11 is 6.58. The molecule has 0 saturated heterocycles. The molecule has 20 heavy (non-hydrogen) atoms. The van der Waals surface area contributed by atoms with Crippen LogP contribution in [0.3, 0.4) is 0 Å². The zero-order valence-corrected chi connectivity index (χ0v) is 12.4. The number of aromatic nitrogens is 1. The molecule has 0 bridgehead atoms. The van der Waals surface area contributed by atoms with Crippen molar-refractivity contribution in [3.05, 3.63) is 39.5 Å². The number of rotatable bonds is 2. The van der Waals surface area contributed by atoms with Crippen LogP contribution < -0.4 is 0 Å². The third-order valence-electron chi connectivity index (χ3n) is 4.02. The van der Waals surface area contributed by atoms with E-state index in [4.69, 9.17) is 16.3 Å². The fourth-order valence-corrected chi connectivity index (χ4v) is 3.39. The van der Waals surface area contributed by atoms with Crippen LogP contribution in [0.1, 0.15) is 28.8 Å². The number of pyridine rings is 1. The van der Waals surface area contributed by atoms with Crippen LogP contribution in [0.4, 0.5) is 0 Å². The van der Waals surface area contributed by atoms with Crippen molar-refractivity contribution >= 4 is 28.5 Å². The molecule has 4 heteroatoms. The predicted octanol–water partition coefficient (Wildman–Crippen LogP) is 3.40. The van der Waals surface area contributed by atoms with Crippen molar-refractivity contribution in [3.63, 3.8) is 0 Å². The Kier molecular flexibility index (Phi) is 3.38. The molecule has 0 spiro atoms. The van der Waals surface area contributed by atoms with Crippen LogP contribution in [0, 0.1) is 6.92 Å². The Hall–Kier alpha value is -1.61. The van der Waals surface area contributed by atoms with Crippen LogP contribution >= 0.6 is 11.6 Å². The Bertz CT molecular complexity index is 709. The number of nitrogens with zero attached hydrogens (tertiary/aromatic N) is 1. The van der Waals surface area contributed by atoms with Crippen LogP contribution in [0.5, 0.6) is 0 Å². The van der Waals surface area contributed by atoms with Crippen LogP contribution in [-0.2, 0) is 28.8 Å². The number of methoxy groups -OCH3 is 1. The van der Waals surface area contributed by atoms with Crippen molar-refractivity contribution in [1.82, 2.24) is 4.98 Å². The molecule has 0 atom stereocenters. The number of fused-ring (bicyclic) bond motifs is 3. The highest BCUT2D eigenvalue weighted by Crippen LogP contribution is 2.36. The van der Waals surface area contributed by atoms with Gasteiger partial charge in [0, 0.05) is 16.6 Å². The molecule has 1 aliphatic carbocycles. The molecule has 3 nitrogen and oxygen atoms in total. The number of carbonyl (C=O) groups excluding carboxylic acids is 1. The highest BCUT2D eigenvalue weighted by Gasteiger charge is 2.20. The highest BCUT2D eigenvalue weighted by molar-refractivity contribution is 6.36. The lowest BCUT2D eigenvalue weighted by atomic mass is 10.00. The van der Waals surface area contributed by atoms with E-state index in [1.54, 1.807) is 0 Å². The first-order valence-corrected chi connectivity index (χ1v) is 7.16. The second-order valence-electron chi connectivity index (χ2n) is 5.19. The summed E-state index contributed by atoms with van der Waals surface area (Å²) < 4.78 is 4.74. The maximum atomic E-state index is 11.5. The number of esters is 1. The first-order chi connectivity index (χ1) is 9.61. The smallest absolute Gasteiger partial charge is 0.310 e. The summed E-state index contributed by atoms with van der Waals surface area (Å²) in [5.74, 6) is -0.288. The molecule has 0 radical (unpaired) electrons. The third-order valence-corrected chi connectivity index (χ3v) is 4.44. The number of hydrogen-bond donors (Lipinski definition) is 0. The normalized spacial score (nSPS) is 13.6. The lowest BCUT2D eigenvalue weighted by Crippen LogP contribution is -2.08. The monoisotopic (exact) mass is 289 g/mol. The average Bonchev–Trinajstić information content (AvgIpc) is 2.90. The molecule has 1 aromatic carbocycles. The molecular formula is C16H16ClNO2. The van der Waals surface area contributed by atoms with Crippen LogP contribution in [0.2, 0.25) is 5.02 Å². The van der Waals surface area contributed by atoms with Gasteiger partial charge in [-0.2, -0.15) is 0 Å². The van der Waals surface area contributed by atoms with E-state index in [0.717, 1.165) is 41.4 Å². The van der Waals surface area contributed by atoms with Crippen molar-refractivity contribution in [2.75, 3.05) is 7.11 Å². The lowest BCUT2D eigenvalue weighted by molar-refractivity contribution is -0.139. The topological polar surface area (TPSA) is 39.2 Å². The van der Waals surface area contributed by atoms with Gasteiger partial charge in [0.25, 0.3) is 0 Å². The van der Waals surface area contributed by atoms with Crippen LogP contribution in [0.25, 0.3) is 10.9 Å². The van der Waals surface area contributed by atoms with Gasteiger partial charge >= 0.3 is 5.97 Å². The Morgan fingerprint density at radius 1 is 1.40 bits per heavy atom. The van der Waals surface area contributed by atoms with E-state index in [1.165, 1.54) is 18.2 Å². The summed E-state index contributed by atoms with van der Waals surface area (Å²) in [5.41, 5.74) is 5.15. The molecule has 1 aromatic heterocycles. The molecule has 0 N–H and O–H groups in total. The van der Waals surface area contributed by atoms with Crippen molar-refractivity contribution in [1.29, 1.82) is 0 Å². The Morgan fingerprint density at radius 2 is 2.20 bits per heavy atom. The van der Waals surface area contributed by atoms with Gasteiger partial charge < -0.3 is 4.74 Å². The van der Waals surface area contributed by atoms with Gasteiger partial charge in [-0.1, -0.05) is 17.7 Å². The Morgan fingerprint density at radius 3 is 2.95 bits per heavy atom. The number of benzene rings is 1. The second-order valence-corrected chi connectivity index (χ2v) is 5.57. The number of hydrogen-bond acceptors (Lipinski definition) is 3. The molecule has 104 valence electrons. The van der Waals surface area contributed by atoms with Gasteiger partial charge in [0.2, 0.25) is 0 Å².